The smallest absolute Gasteiger partial charge is 0.321 e. The second kappa shape index (κ2) is 3.47. The highest BCUT2D eigenvalue weighted by molar-refractivity contribution is 9.10. The van der Waals surface area contributed by atoms with Gasteiger partial charge in [-0.15, -0.1) is 0 Å². The highest BCUT2D eigenvalue weighted by Gasteiger charge is 2.49. The van der Waals surface area contributed by atoms with Crippen molar-refractivity contribution in [3.05, 3.63) is 33.8 Å². The first-order valence-electron chi connectivity index (χ1n) is 4.91. The molecule has 0 saturated heterocycles. The zero-order valence-corrected chi connectivity index (χ0v) is 10.2. The molecule has 2 atom stereocenters. The Morgan fingerprint density at radius 3 is 2.44 bits per heavy atom. The van der Waals surface area contributed by atoms with Crippen LogP contribution >= 0.6 is 15.9 Å². The lowest BCUT2D eigenvalue weighted by atomic mass is 10.0. The molecule has 0 bridgehead atoms. The van der Waals surface area contributed by atoms with Crippen molar-refractivity contribution in [2.45, 2.75) is 25.1 Å². The molecule has 1 aliphatic carbocycles. The molecule has 0 heterocycles. The summed E-state index contributed by atoms with van der Waals surface area (Å²) < 4.78 is 38.0. The molecule has 0 spiro atoms. The summed E-state index contributed by atoms with van der Waals surface area (Å²) in [7, 11) is 0. The van der Waals surface area contributed by atoms with Crippen molar-refractivity contribution in [3.63, 3.8) is 0 Å². The zero-order valence-electron chi connectivity index (χ0n) is 8.61. The summed E-state index contributed by atoms with van der Waals surface area (Å²) in [5, 5.41) is 0. The minimum atomic E-state index is -4.34. The van der Waals surface area contributed by atoms with Gasteiger partial charge in [0.05, 0.1) is 5.56 Å². The molecular formula is C11H11BrF3N. The van der Waals surface area contributed by atoms with E-state index in [2.05, 4.69) is 15.9 Å². The molecule has 88 valence electrons. The molecule has 0 aromatic heterocycles. The Hall–Kier alpha value is -0.550. The van der Waals surface area contributed by atoms with E-state index in [1.54, 1.807) is 6.07 Å². The number of benzene rings is 1. The van der Waals surface area contributed by atoms with Crippen LogP contribution in [-0.2, 0) is 11.7 Å². The molecule has 1 aliphatic rings. The summed E-state index contributed by atoms with van der Waals surface area (Å²) in [6, 6.07) is 4.22. The summed E-state index contributed by atoms with van der Waals surface area (Å²) in [4.78, 5) is 0. The van der Waals surface area contributed by atoms with Crippen molar-refractivity contribution >= 4 is 15.9 Å². The molecule has 1 saturated carbocycles. The Kier molecular flexibility index (Phi) is 2.58. The van der Waals surface area contributed by atoms with Gasteiger partial charge in [-0.1, -0.05) is 28.9 Å². The third-order valence-corrected chi connectivity index (χ3v) is 3.86. The molecule has 0 amide bonds. The normalized spacial score (nSPS) is 29.2. The van der Waals surface area contributed by atoms with Gasteiger partial charge in [0.2, 0.25) is 0 Å². The molecule has 0 aliphatic heterocycles. The molecule has 0 radical (unpaired) electrons. The van der Waals surface area contributed by atoms with Gasteiger partial charge in [0.1, 0.15) is 0 Å². The van der Waals surface area contributed by atoms with Crippen molar-refractivity contribution in [1.82, 2.24) is 0 Å². The highest BCUT2D eigenvalue weighted by atomic mass is 79.9. The van der Waals surface area contributed by atoms with Gasteiger partial charge in [0.15, 0.2) is 0 Å². The summed E-state index contributed by atoms with van der Waals surface area (Å²) in [5.41, 5.74) is 5.33. The van der Waals surface area contributed by atoms with Crippen LogP contribution in [0.5, 0.6) is 0 Å². The Labute approximate surface area is 100.0 Å². The molecule has 2 N–H and O–H groups in total. The molecule has 2 unspecified atom stereocenters. The van der Waals surface area contributed by atoms with Crippen molar-refractivity contribution in [2.24, 2.45) is 11.7 Å². The van der Waals surface area contributed by atoms with Crippen LogP contribution in [0, 0.1) is 5.92 Å². The van der Waals surface area contributed by atoms with E-state index in [0.717, 1.165) is 12.5 Å². The van der Waals surface area contributed by atoms with E-state index in [1.807, 2.05) is 6.92 Å². The molecule has 2 rings (SSSR count). The molecule has 1 aromatic rings. The lowest BCUT2D eigenvalue weighted by molar-refractivity contribution is -0.138. The van der Waals surface area contributed by atoms with Gasteiger partial charge in [0.25, 0.3) is 0 Å². The maximum Gasteiger partial charge on any atom is 0.417 e. The van der Waals surface area contributed by atoms with Crippen molar-refractivity contribution in [2.75, 3.05) is 0 Å². The van der Waals surface area contributed by atoms with E-state index in [0.29, 0.717) is 5.56 Å². The van der Waals surface area contributed by atoms with Crippen LogP contribution in [0.4, 0.5) is 13.2 Å². The average molecular weight is 294 g/mol. The lowest BCUT2D eigenvalue weighted by Gasteiger charge is -2.15. The van der Waals surface area contributed by atoms with Gasteiger partial charge in [-0.3, -0.25) is 0 Å². The Bertz CT molecular complexity index is 430. The lowest BCUT2D eigenvalue weighted by Crippen LogP contribution is -2.22. The second-order valence-electron chi connectivity index (χ2n) is 4.34. The minimum absolute atomic E-state index is 0.0562. The van der Waals surface area contributed by atoms with Gasteiger partial charge in [-0.25, -0.2) is 0 Å². The summed E-state index contributed by atoms with van der Waals surface area (Å²) >= 11 is 2.91. The third kappa shape index (κ3) is 1.86. The first-order valence-corrected chi connectivity index (χ1v) is 5.70. The van der Waals surface area contributed by atoms with Gasteiger partial charge in [0, 0.05) is 10.0 Å². The predicted molar refractivity (Wildman–Crippen MR) is 58.8 cm³/mol. The summed E-state index contributed by atoms with van der Waals surface area (Å²) in [6.07, 6.45) is -3.60. The van der Waals surface area contributed by atoms with Gasteiger partial charge >= 0.3 is 6.18 Å². The maximum absolute atomic E-state index is 12.7. The molecule has 5 heteroatoms. The number of hydrogen-bond acceptors (Lipinski definition) is 1. The van der Waals surface area contributed by atoms with Gasteiger partial charge < -0.3 is 5.73 Å². The quantitative estimate of drug-likeness (QED) is 0.840. The van der Waals surface area contributed by atoms with Crippen LogP contribution in [0.15, 0.2) is 22.7 Å². The van der Waals surface area contributed by atoms with Crippen LogP contribution in [0.3, 0.4) is 0 Å². The molecule has 16 heavy (non-hydrogen) atoms. The van der Waals surface area contributed by atoms with E-state index >= 15 is 0 Å². The van der Waals surface area contributed by atoms with Crippen LogP contribution in [0.2, 0.25) is 0 Å². The number of halogens is 4. The van der Waals surface area contributed by atoms with Crippen LogP contribution in [0.25, 0.3) is 0 Å². The number of nitrogens with two attached hydrogens (primary N) is 1. The fraction of sp³-hybridized carbons (Fsp3) is 0.455. The Morgan fingerprint density at radius 2 is 2.00 bits per heavy atom. The van der Waals surface area contributed by atoms with Crippen molar-refractivity contribution < 1.29 is 13.2 Å². The number of rotatable bonds is 1. The second-order valence-corrected chi connectivity index (χ2v) is 5.19. The van der Waals surface area contributed by atoms with E-state index in [1.165, 1.54) is 6.07 Å². The van der Waals surface area contributed by atoms with E-state index in [4.69, 9.17) is 5.73 Å². The van der Waals surface area contributed by atoms with Crippen molar-refractivity contribution in [3.8, 4) is 0 Å². The van der Waals surface area contributed by atoms with E-state index in [9.17, 15) is 13.2 Å². The largest absolute Gasteiger partial charge is 0.417 e. The first-order chi connectivity index (χ1) is 7.25. The minimum Gasteiger partial charge on any atom is -0.321 e. The molecule has 1 nitrogen and oxygen atoms in total. The van der Waals surface area contributed by atoms with Crippen LogP contribution in [-0.4, -0.2) is 0 Å². The first kappa shape index (κ1) is 11.9. The SMILES string of the molecule is CC1CC1(N)c1ccc(Br)c(C(F)(F)F)c1. The highest BCUT2D eigenvalue weighted by Crippen LogP contribution is 2.50. The monoisotopic (exact) mass is 293 g/mol. The fourth-order valence-electron chi connectivity index (χ4n) is 1.88. The average Bonchev–Trinajstić information content (AvgIpc) is 2.74. The number of alkyl halides is 3. The van der Waals surface area contributed by atoms with Crippen LogP contribution < -0.4 is 5.73 Å². The van der Waals surface area contributed by atoms with Gasteiger partial charge in [-0.2, -0.15) is 13.2 Å². The fourth-order valence-corrected chi connectivity index (χ4v) is 2.35. The van der Waals surface area contributed by atoms with Crippen molar-refractivity contribution in [1.29, 1.82) is 0 Å². The van der Waals surface area contributed by atoms with Crippen LogP contribution in [0.1, 0.15) is 24.5 Å². The van der Waals surface area contributed by atoms with E-state index in [-0.39, 0.29) is 10.4 Å². The Morgan fingerprint density at radius 1 is 1.44 bits per heavy atom. The molecular weight excluding hydrogens is 283 g/mol. The third-order valence-electron chi connectivity index (χ3n) is 3.17. The molecule has 1 aromatic carbocycles. The summed E-state index contributed by atoms with van der Waals surface area (Å²) in [6.45, 7) is 1.94. The molecule has 1 fully saturated rings. The predicted octanol–water partition coefficient (Wildman–Crippen LogP) is 3.66. The van der Waals surface area contributed by atoms with E-state index < -0.39 is 17.3 Å². The summed E-state index contributed by atoms with van der Waals surface area (Å²) in [5.74, 6) is 0.245. The van der Waals surface area contributed by atoms with Gasteiger partial charge in [-0.05, 0) is 30.0 Å². The Balaban J connectivity index is 2.45. The standard InChI is InChI=1S/C11H11BrF3N/c1-6-5-10(6,16)7-2-3-9(12)8(4-7)11(13,14)15/h2-4,6H,5,16H2,1H3. The number of hydrogen-bond donors (Lipinski definition) is 1. The zero-order chi connectivity index (χ0) is 12.1. The topological polar surface area (TPSA) is 26.0 Å². The maximum atomic E-state index is 12.7.